The zero-order valence-corrected chi connectivity index (χ0v) is 21.8. The minimum atomic E-state index is -1.22. The number of pyridine rings is 1. The van der Waals surface area contributed by atoms with Gasteiger partial charge in [0.1, 0.15) is 17.6 Å². The van der Waals surface area contributed by atoms with Gasteiger partial charge in [-0.25, -0.2) is 4.39 Å². The zero-order chi connectivity index (χ0) is 26.9. The van der Waals surface area contributed by atoms with Gasteiger partial charge in [0.15, 0.2) is 4.34 Å². The molecule has 192 valence electrons. The van der Waals surface area contributed by atoms with Crippen LogP contribution in [0, 0.1) is 5.82 Å². The van der Waals surface area contributed by atoms with E-state index in [9.17, 15) is 14.7 Å². The topological polar surface area (TPSA) is 96.3 Å². The summed E-state index contributed by atoms with van der Waals surface area (Å²) in [5.74, 6) is -2.27. The number of hydrogen-bond acceptors (Lipinski definition) is 8. The van der Waals surface area contributed by atoms with Gasteiger partial charge in [0.05, 0.1) is 5.57 Å². The lowest BCUT2D eigenvalue weighted by atomic mass is 9.95. The average molecular weight is 555 g/mol. The predicted octanol–water partition coefficient (Wildman–Crippen LogP) is 6.14. The van der Waals surface area contributed by atoms with E-state index in [2.05, 4.69) is 33.4 Å². The highest BCUT2D eigenvalue weighted by atomic mass is 32.2. The second kappa shape index (κ2) is 10.4. The second-order valence-corrected chi connectivity index (χ2v) is 10.9. The van der Waals surface area contributed by atoms with Gasteiger partial charge in [-0.05, 0) is 34.5 Å². The molecule has 1 amide bonds. The molecule has 1 atom stereocenters. The lowest BCUT2D eigenvalue weighted by molar-refractivity contribution is -0.132. The van der Waals surface area contributed by atoms with E-state index >= 15 is 4.39 Å². The first-order chi connectivity index (χ1) is 19.0. The van der Waals surface area contributed by atoms with Gasteiger partial charge in [-0.3, -0.25) is 19.5 Å². The van der Waals surface area contributed by atoms with Crippen molar-refractivity contribution in [1.82, 2.24) is 15.2 Å². The van der Waals surface area contributed by atoms with Crippen molar-refractivity contribution in [3.63, 3.8) is 0 Å². The fourth-order valence-corrected chi connectivity index (χ4v) is 6.47. The molecule has 0 saturated carbocycles. The van der Waals surface area contributed by atoms with Crippen LogP contribution in [0.2, 0.25) is 0 Å². The summed E-state index contributed by atoms with van der Waals surface area (Å²) in [4.78, 5) is 31.6. The molecule has 5 aromatic rings. The number of carbonyl (C=O) groups is 2. The number of benzene rings is 3. The fraction of sp³-hybridized carbons (Fsp3) is 0.0690. The van der Waals surface area contributed by atoms with Crippen molar-refractivity contribution in [1.29, 1.82) is 0 Å². The van der Waals surface area contributed by atoms with E-state index in [1.54, 1.807) is 6.07 Å². The number of thioether (sulfide) groups is 1. The molecule has 3 aromatic carbocycles. The van der Waals surface area contributed by atoms with Crippen molar-refractivity contribution in [3.8, 4) is 0 Å². The quantitative estimate of drug-likeness (QED) is 0.0885. The number of fused-ring (bicyclic) bond motifs is 1. The first-order valence-electron chi connectivity index (χ1n) is 11.9. The number of carbonyl (C=O) groups excluding carboxylic acids is 2. The minimum Gasteiger partial charge on any atom is -0.507 e. The Morgan fingerprint density at radius 3 is 2.51 bits per heavy atom. The van der Waals surface area contributed by atoms with Gasteiger partial charge >= 0.3 is 5.91 Å². The number of halogens is 1. The van der Waals surface area contributed by atoms with E-state index in [1.165, 1.54) is 54.5 Å². The highest BCUT2D eigenvalue weighted by Gasteiger charge is 2.49. The molecule has 0 spiro atoms. The Hall–Kier alpha value is -4.41. The smallest absolute Gasteiger partial charge is 0.301 e. The maximum Gasteiger partial charge on any atom is 0.301 e. The monoisotopic (exact) mass is 554 g/mol. The average Bonchev–Trinajstić information content (AvgIpc) is 3.54. The van der Waals surface area contributed by atoms with Crippen molar-refractivity contribution < 1.29 is 19.1 Å². The molecule has 1 saturated heterocycles. The molecule has 1 unspecified atom stereocenters. The molecule has 3 heterocycles. The Bertz CT molecular complexity index is 1750. The third kappa shape index (κ3) is 4.58. The lowest BCUT2D eigenvalue weighted by Crippen LogP contribution is -2.29. The normalized spacial score (nSPS) is 16.7. The van der Waals surface area contributed by atoms with Crippen LogP contribution in [0.1, 0.15) is 22.7 Å². The molecule has 10 heteroatoms. The Morgan fingerprint density at radius 2 is 1.69 bits per heavy atom. The van der Waals surface area contributed by atoms with E-state index in [4.69, 9.17) is 0 Å². The number of aliphatic hydroxyl groups is 1. The van der Waals surface area contributed by atoms with Gasteiger partial charge in [0.2, 0.25) is 5.13 Å². The van der Waals surface area contributed by atoms with Gasteiger partial charge in [-0.2, -0.15) is 0 Å². The number of nitrogens with zero attached hydrogens (tertiary/aromatic N) is 4. The van der Waals surface area contributed by atoms with Crippen LogP contribution in [0.3, 0.4) is 0 Å². The van der Waals surface area contributed by atoms with E-state index in [-0.39, 0.29) is 21.8 Å². The Kier molecular flexibility index (Phi) is 6.64. The summed E-state index contributed by atoms with van der Waals surface area (Å²) < 4.78 is 15.6. The number of hydrogen-bond donors (Lipinski definition) is 1. The van der Waals surface area contributed by atoms with Crippen LogP contribution in [0.5, 0.6) is 0 Å². The molecule has 2 aromatic heterocycles. The summed E-state index contributed by atoms with van der Waals surface area (Å²) in [6.45, 7) is 0. The summed E-state index contributed by atoms with van der Waals surface area (Å²) in [7, 11) is 0. The molecule has 1 aliphatic rings. The summed E-state index contributed by atoms with van der Waals surface area (Å²) >= 11 is 2.59. The van der Waals surface area contributed by atoms with Crippen LogP contribution in [-0.2, 0) is 15.3 Å². The minimum absolute atomic E-state index is 0.0625. The van der Waals surface area contributed by atoms with Gasteiger partial charge in [-0.1, -0.05) is 83.8 Å². The zero-order valence-electron chi connectivity index (χ0n) is 20.2. The van der Waals surface area contributed by atoms with Crippen molar-refractivity contribution in [2.75, 3.05) is 4.90 Å². The number of Topliss-reactive ketones (excluding diaryl/α,β-unsaturated/α-hetero) is 1. The molecular weight excluding hydrogens is 535 g/mol. The second-order valence-electron chi connectivity index (χ2n) is 8.70. The highest BCUT2D eigenvalue weighted by molar-refractivity contribution is 8.00. The number of aliphatic hydroxyl groups excluding tert-OH is 1. The Labute approximate surface area is 230 Å². The molecule has 1 N–H and O–H groups in total. The van der Waals surface area contributed by atoms with Crippen molar-refractivity contribution in [2.45, 2.75) is 16.1 Å². The molecule has 7 nitrogen and oxygen atoms in total. The van der Waals surface area contributed by atoms with Gasteiger partial charge < -0.3 is 5.11 Å². The number of anilines is 1. The number of ketones is 1. The lowest BCUT2D eigenvalue weighted by Gasteiger charge is -2.22. The van der Waals surface area contributed by atoms with Crippen LogP contribution >= 0.6 is 23.1 Å². The molecular formula is C29H19FN4O3S2. The first kappa shape index (κ1) is 24.9. The third-order valence-electron chi connectivity index (χ3n) is 6.43. The van der Waals surface area contributed by atoms with Crippen LogP contribution in [0.25, 0.3) is 16.5 Å². The van der Waals surface area contributed by atoms with Gasteiger partial charge in [-0.15, -0.1) is 10.2 Å². The molecule has 0 bridgehead atoms. The molecule has 6 rings (SSSR count). The van der Waals surface area contributed by atoms with Crippen molar-refractivity contribution >= 4 is 56.5 Å². The highest BCUT2D eigenvalue weighted by Crippen LogP contribution is 2.44. The van der Waals surface area contributed by atoms with Crippen molar-refractivity contribution in [3.05, 3.63) is 119 Å². The summed E-state index contributed by atoms with van der Waals surface area (Å²) in [5, 5.41) is 21.9. The third-order valence-corrected chi connectivity index (χ3v) is 8.54. The number of aromatic nitrogens is 3. The van der Waals surface area contributed by atoms with Gasteiger partial charge in [0.25, 0.3) is 5.78 Å². The van der Waals surface area contributed by atoms with Gasteiger partial charge in [0, 0.05) is 29.3 Å². The predicted molar refractivity (Wildman–Crippen MR) is 149 cm³/mol. The molecule has 1 aliphatic heterocycles. The number of amides is 1. The SMILES string of the molecule is O=C1C(=O)N(c2nnc(SCc3cccc4ccccc34)s2)C(c2ccccc2F)/C1=C(\O)c1ccncc1. The van der Waals surface area contributed by atoms with E-state index in [0.717, 1.165) is 32.6 Å². The molecule has 0 aliphatic carbocycles. The van der Waals surface area contributed by atoms with Crippen LogP contribution in [-0.4, -0.2) is 32.0 Å². The van der Waals surface area contributed by atoms with Crippen molar-refractivity contribution in [2.24, 2.45) is 0 Å². The molecule has 39 heavy (non-hydrogen) atoms. The van der Waals surface area contributed by atoms with E-state index < -0.39 is 29.3 Å². The summed E-state index contributed by atoms with van der Waals surface area (Å²) in [6.07, 6.45) is 2.90. The first-order valence-corrected chi connectivity index (χ1v) is 13.7. The summed E-state index contributed by atoms with van der Waals surface area (Å²) in [5.41, 5.74) is 1.25. The molecule has 0 radical (unpaired) electrons. The maximum atomic E-state index is 15.1. The fourth-order valence-electron chi connectivity index (χ4n) is 4.60. The Morgan fingerprint density at radius 1 is 0.949 bits per heavy atom. The molecule has 1 fully saturated rings. The van der Waals surface area contributed by atoms with E-state index in [1.807, 2.05) is 24.3 Å². The Balaban J connectivity index is 1.37. The van der Waals surface area contributed by atoms with Crippen LogP contribution in [0.15, 0.2) is 101 Å². The summed E-state index contributed by atoms with van der Waals surface area (Å²) in [6, 6.07) is 21.8. The van der Waals surface area contributed by atoms with E-state index in [0.29, 0.717) is 10.1 Å². The maximum absolute atomic E-state index is 15.1. The largest absolute Gasteiger partial charge is 0.507 e. The number of rotatable bonds is 6. The van der Waals surface area contributed by atoms with Crippen LogP contribution < -0.4 is 4.90 Å². The van der Waals surface area contributed by atoms with Crippen LogP contribution in [0.4, 0.5) is 9.52 Å². The standard InChI is InChI=1S/C29H19FN4O3S2/c30-22-11-4-3-10-21(22)24-23(25(35)18-12-14-31-15-13-18)26(36)27(37)34(24)28-32-33-29(39-28)38-16-19-8-5-7-17-6-1-2-9-20(17)19/h1-15,24,35H,16H2/b25-23+.